The quantitative estimate of drug-likeness (QED) is 0.303. The van der Waals surface area contributed by atoms with Gasteiger partial charge in [-0.3, -0.25) is 0 Å². The van der Waals surface area contributed by atoms with Gasteiger partial charge >= 0.3 is 0 Å². The molecule has 0 aliphatic carbocycles. The molecule has 0 saturated heterocycles. The van der Waals surface area contributed by atoms with Gasteiger partial charge in [0, 0.05) is 5.56 Å². The maximum Gasteiger partial charge on any atom is 0.123 e. The van der Waals surface area contributed by atoms with Crippen molar-refractivity contribution in [2.75, 3.05) is 0 Å². The van der Waals surface area contributed by atoms with Gasteiger partial charge in [-0.1, -0.05) is 66.7 Å². The van der Waals surface area contributed by atoms with Crippen LogP contribution in [0.1, 0.15) is 16.7 Å². The van der Waals surface area contributed by atoms with Gasteiger partial charge in [-0.25, -0.2) is 0 Å². The Kier molecular flexibility index (Phi) is 5.14. The number of aromatic hydroxyl groups is 2. The van der Waals surface area contributed by atoms with Crippen molar-refractivity contribution in [2.45, 2.75) is 20.8 Å². The first kappa shape index (κ1) is 20.8. The second kappa shape index (κ2) is 8.14. The van der Waals surface area contributed by atoms with Crippen molar-refractivity contribution in [1.29, 1.82) is 0 Å². The number of benzene rings is 5. The van der Waals surface area contributed by atoms with Crippen LogP contribution < -0.4 is 0 Å². The fourth-order valence-corrected chi connectivity index (χ4v) is 4.71. The van der Waals surface area contributed by atoms with E-state index >= 15 is 0 Å². The number of phenols is 2. The molecule has 5 aromatic carbocycles. The zero-order valence-electron chi connectivity index (χ0n) is 19.1. The van der Waals surface area contributed by atoms with Crippen molar-refractivity contribution in [3.63, 3.8) is 0 Å². The molecule has 0 spiro atoms. The highest BCUT2D eigenvalue weighted by atomic mass is 16.3. The SMILES string of the molecule is Cc1cc(-c2cccc3cccc(-c4cc(-c5ccccc5)c(O)cc4C)c23)c(C)cc1O. The van der Waals surface area contributed by atoms with Crippen molar-refractivity contribution in [3.05, 3.63) is 108 Å². The van der Waals surface area contributed by atoms with Crippen molar-refractivity contribution in [2.24, 2.45) is 0 Å². The van der Waals surface area contributed by atoms with E-state index in [1.165, 1.54) is 5.39 Å². The zero-order chi connectivity index (χ0) is 23.1. The molecule has 2 N–H and O–H groups in total. The summed E-state index contributed by atoms with van der Waals surface area (Å²) in [6, 6.07) is 30.6. The fourth-order valence-electron chi connectivity index (χ4n) is 4.71. The van der Waals surface area contributed by atoms with E-state index in [1.807, 2.05) is 63.2 Å². The van der Waals surface area contributed by atoms with E-state index in [0.29, 0.717) is 5.75 Å². The average molecular weight is 431 g/mol. The summed E-state index contributed by atoms with van der Waals surface area (Å²) >= 11 is 0. The molecule has 0 atom stereocenters. The standard InChI is InChI=1S/C31H26O2/c1-19-16-29(32)21(3)15-26(19)24-13-7-11-23-12-8-14-25(31(23)24)27-18-28(30(33)17-20(27)2)22-9-5-4-6-10-22/h4-18,32-33H,1-3H3. The molecule has 2 heteroatoms. The molecule has 0 aliphatic rings. The van der Waals surface area contributed by atoms with Gasteiger partial charge in [0.2, 0.25) is 0 Å². The van der Waals surface area contributed by atoms with Gasteiger partial charge in [0.05, 0.1) is 0 Å². The van der Waals surface area contributed by atoms with E-state index < -0.39 is 0 Å². The van der Waals surface area contributed by atoms with E-state index in [-0.39, 0.29) is 5.75 Å². The van der Waals surface area contributed by atoms with Crippen LogP contribution in [0.25, 0.3) is 44.2 Å². The van der Waals surface area contributed by atoms with Crippen LogP contribution in [0, 0.1) is 20.8 Å². The van der Waals surface area contributed by atoms with E-state index in [9.17, 15) is 10.2 Å². The molecule has 0 fully saturated rings. The summed E-state index contributed by atoms with van der Waals surface area (Å²) in [5.41, 5.74) is 9.20. The highest BCUT2D eigenvalue weighted by Crippen LogP contribution is 2.42. The highest BCUT2D eigenvalue weighted by molar-refractivity contribution is 6.07. The lowest BCUT2D eigenvalue weighted by Gasteiger charge is -2.18. The van der Waals surface area contributed by atoms with Gasteiger partial charge in [-0.05, 0) is 100 Å². The van der Waals surface area contributed by atoms with Gasteiger partial charge in [-0.15, -0.1) is 0 Å². The summed E-state index contributed by atoms with van der Waals surface area (Å²) < 4.78 is 0. The Morgan fingerprint density at radius 3 is 1.67 bits per heavy atom. The predicted molar refractivity (Wildman–Crippen MR) is 138 cm³/mol. The molecule has 0 bridgehead atoms. The van der Waals surface area contributed by atoms with Gasteiger partial charge in [-0.2, -0.15) is 0 Å². The molecule has 162 valence electrons. The number of hydrogen-bond donors (Lipinski definition) is 2. The molecule has 33 heavy (non-hydrogen) atoms. The zero-order valence-corrected chi connectivity index (χ0v) is 19.1. The largest absolute Gasteiger partial charge is 0.508 e. The minimum absolute atomic E-state index is 0.285. The molecule has 5 aromatic rings. The van der Waals surface area contributed by atoms with Gasteiger partial charge in [0.25, 0.3) is 0 Å². The van der Waals surface area contributed by atoms with Crippen LogP contribution in [0.3, 0.4) is 0 Å². The second-order valence-corrected chi connectivity index (χ2v) is 8.71. The molecule has 0 amide bonds. The molecular weight excluding hydrogens is 404 g/mol. The highest BCUT2D eigenvalue weighted by Gasteiger charge is 2.16. The minimum Gasteiger partial charge on any atom is -0.508 e. The number of fused-ring (bicyclic) bond motifs is 1. The van der Waals surface area contributed by atoms with Crippen LogP contribution in [0.2, 0.25) is 0 Å². The molecule has 0 saturated carbocycles. The van der Waals surface area contributed by atoms with Gasteiger partial charge in [0.1, 0.15) is 11.5 Å². The van der Waals surface area contributed by atoms with Crippen LogP contribution in [0.15, 0.2) is 91.0 Å². The first-order valence-electron chi connectivity index (χ1n) is 11.2. The lowest BCUT2D eigenvalue weighted by atomic mass is 9.87. The molecule has 0 radical (unpaired) electrons. The van der Waals surface area contributed by atoms with Crippen molar-refractivity contribution >= 4 is 10.8 Å². The Balaban J connectivity index is 1.82. The van der Waals surface area contributed by atoms with Crippen LogP contribution in [-0.4, -0.2) is 10.2 Å². The lowest BCUT2D eigenvalue weighted by Crippen LogP contribution is -1.92. The number of rotatable bonds is 3. The Hall–Kier alpha value is -4.04. The van der Waals surface area contributed by atoms with Crippen LogP contribution in [0.5, 0.6) is 11.5 Å². The third-order valence-corrected chi connectivity index (χ3v) is 6.46. The second-order valence-electron chi connectivity index (χ2n) is 8.71. The summed E-state index contributed by atoms with van der Waals surface area (Å²) in [4.78, 5) is 0. The number of phenolic OH excluding ortho intramolecular Hbond substituents is 2. The fraction of sp³-hybridized carbons (Fsp3) is 0.0968. The van der Waals surface area contributed by atoms with Crippen molar-refractivity contribution in [1.82, 2.24) is 0 Å². The normalized spacial score (nSPS) is 11.1. The Labute approximate surface area is 194 Å². The average Bonchev–Trinajstić information content (AvgIpc) is 2.81. The molecular formula is C31H26O2. The van der Waals surface area contributed by atoms with Crippen molar-refractivity contribution < 1.29 is 10.2 Å². The van der Waals surface area contributed by atoms with Crippen LogP contribution in [0.4, 0.5) is 0 Å². The summed E-state index contributed by atoms with van der Waals surface area (Å²) in [5, 5.41) is 23.2. The first-order valence-corrected chi connectivity index (χ1v) is 11.2. The Morgan fingerprint density at radius 1 is 0.455 bits per heavy atom. The third-order valence-electron chi connectivity index (χ3n) is 6.46. The summed E-state index contributed by atoms with van der Waals surface area (Å²) in [6.07, 6.45) is 0. The van der Waals surface area contributed by atoms with Crippen LogP contribution in [-0.2, 0) is 0 Å². The summed E-state index contributed by atoms with van der Waals surface area (Å²) in [7, 11) is 0. The Bertz CT molecular complexity index is 1490. The molecule has 0 heterocycles. The third kappa shape index (κ3) is 3.64. The molecule has 2 nitrogen and oxygen atoms in total. The van der Waals surface area contributed by atoms with Gasteiger partial charge < -0.3 is 10.2 Å². The van der Waals surface area contributed by atoms with E-state index in [2.05, 4.69) is 48.5 Å². The predicted octanol–water partition coefficient (Wildman–Crippen LogP) is 8.18. The number of hydrogen-bond acceptors (Lipinski definition) is 2. The Morgan fingerprint density at radius 2 is 1.03 bits per heavy atom. The molecule has 0 unspecified atom stereocenters. The summed E-state index contributed by atoms with van der Waals surface area (Å²) in [6.45, 7) is 6.01. The molecule has 0 aliphatic heterocycles. The lowest BCUT2D eigenvalue weighted by molar-refractivity contribution is 0.470. The van der Waals surface area contributed by atoms with Gasteiger partial charge in [0.15, 0.2) is 0 Å². The van der Waals surface area contributed by atoms with E-state index in [4.69, 9.17) is 0 Å². The van der Waals surface area contributed by atoms with E-state index in [1.54, 1.807) is 0 Å². The monoisotopic (exact) mass is 430 g/mol. The maximum absolute atomic E-state index is 10.7. The number of aryl methyl sites for hydroxylation is 3. The topological polar surface area (TPSA) is 40.5 Å². The molecule has 5 rings (SSSR count). The smallest absolute Gasteiger partial charge is 0.123 e. The van der Waals surface area contributed by atoms with E-state index in [0.717, 1.165) is 55.5 Å². The minimum atomic E-state index is 0.285. The van der Waals surface area contributed by atoms with Crippen LogP contribution >= 0.6 is 0 Å². The summed E-state index contributed by atoms with van der Waals surface area (Å²) in [5.74, 6) is 0.603. The van der Waals surface area contributed by atoms with Crippen molar-refractivity contribution in [3.8, 4) is 44.9 Å². The first-order chi connectivity index (χ1) is 15.9. The molecule has 0 aromatic heterocycles. The maximum atomic E-state index is 10.7.